The highest BCUT2D eigenvalue weighted by Gasteiger charge is 2.15. The number of nitrogens with zero attached hydrogens (tertiary/aromatic N) is 2. The summed E-state index contributed by atoms with van der Waals surface area (Å²) in [6.45, 7) is 0. The van der Waals surface area contributed by atoms with Crippen LogP contribution in [-0.4, -0.2) is 11.9 Å². The number of para-hydroxylation sites is 1. The Morgan fingerprint density at radius 2 is 1.65 bits per heavy atom. The zero-order chi connectivity index (χ0) is 11.7. The van der Waals surface area contributed by atoms with E-state index in [1.807, 2.05) is 18.2 Å². The van der Waals surface area contributed by atoms with Crippen LogP contribution in [0, 0.1) is 0 Å². The highest BCUT2D eigenvalue weighted by atomic mass is 15.2. The Labute approximate surface area is 101 Å². The van der Waals surface area contributed by atoms with Gasteiger partial charge >= 0.3 is 0 Å². The first-order valence-electron chi connectivity index (χ1n) is 5.76. The molecule has 0 spiro atoms. The van der Waals surface area contributed by atoms with Gasteiger partial charge in [0.15, 0.2) is 0 Å². The van der Waals surface area contributed by atoms with Crippen LogP contribution < -0.4 is 10.6 Å². The second-order valence-corrected chi connectivity index (χ2v) is 4.27. The molecular formula is C15H14N2. The van der Waals surface area contributed by atoms with Crippen LogP contribution in [0.1, 0.15) is 11.7 Å². The molecule has 1 unspecified atom stereocenters. The van der Waals surface area contributed by atoms with Crippen molar-refractivity contribution >= 4 is 6.20 Å². The van der Waals surface area contributed by atoms with Crippen molar-refractivity contribution in [2.24, 2.45) is 4.99 Å². The van der Waals surface area contributed by atoms with Gasteiger partial charge in [-0.1, -0.05) is 48.5 Å². The van der Waals surface area contributed by atoms with E-state index in [9.17, 15) is 0 Å². The molecular weight excluding hydrogens is 208 g/mol. The fourth-order valence-electron chi connectivity index (χ4n) is 2.16. The summed E-state index contributed by atoms with van der Waals surface area (Å²) in [4.78, 5) is 6.94. The maximum atomic E-state index is 4.79. The van der Waals surface area contributed by atoms with Gasteiger partial charge in [-0.05, 0) is 11.6 Å². The summed E-state index contributed by atoms with van der Waals surface area (Å²) in [5.41, 5.74) is 1.22. The summed E-state index contributed by atoms with van der Waals surface area (Å²) < 4.78 is 0. The molecule has 1 aliphatic rings. The van der Waals surface area contributed by atoms with Crippen molar-refractivity contribution in [1.29, 1.82) is 0 Å². The van der Waals surface area contributed by atoms with Crippen molar-refractivity contribution in [2.45, 2.75) is 6.17 Å². The number of rotatable bonds is 1. The highest BCUT2D eigenvalue weighted by Crippen LogP contribution is 2.20. The second kappa shape index (κ2) is 4.06. The molecule has 0 fully saturated rings. The summed E-state index contributed by atoms with van der Waals surface area (Å²) >= 11 is 0. The van der Waals surface area contributed by atoms with E-state index in [0.717, 1.165) is 5.36 Å². The molecule has 84 valence electrons. The molecule has 0 aliphatic carbocycles. The molecule has 0 bridgehead atoms. The van der Waals surface area contributed by atoms with Gasteiger partial charge in [0.2, 0.25) is 0 Å². The van der Waals surface area contributed by atoms with Crippen LogP contribution in [0.15, 0.2) is 59.6 Å². The molecule has 1 atom stereocenters. The Balaban J connectivity index is 2.14. The van der Waals surface area contributed by atoms with Crippen LogP contribution >= 0.6 is 0 Å². The van der Waals surface area contributed by atoms with Gasteiger partial charge in [-0.3, -0.25) is 4.99 Å². The van der Waals surface area contributed by atoms with Gasteiger partial charge in [0.1, 0.15) is 6.17 Å². The summed E-state index contributed by atoms with van der Waals surface area (Å²) in [6, 6.07) is 18.6. The van der Waals surface area contributed by atoms with Gasteiger partial charge in [0, 0.05) is 18.5 Å². The quantitative estimate of drug-likeness (QED) is 0.717. The van der Waals surface area contributed by atoms with E-state index in [1.165, 1.54) is 10.8 Å². The Bertz CT molecular complexity index is 631. The molecule has 3 rings (SSSR count). The van der Waals surface area contributed by atoms with Crippen LogP contribution in [0.5, 0.6) is 0 Å². The average Bonchev–Trinajstić information content (AvgIpc) is 2.39. The lowest BCUT2D eigenvalue weighted by Gasteiger charge is -2.26. The molecule has 0 N–H and O–H groups in total. The van der Waals surface area contributed by atoms with E-state index in [1.54, 1.807) is 0 Å². The van der Waals surface area contributed by atoms with Crippen molar-refractivity contribution in [3.8, 4) is 0 Å². The normalized spacial score (nSPS) is 17.9. The van der Waals surface area contributed by atoms with E-state index in [4.69, 9.17) is 4.99 Å². The minimum atomic E-state index is 0.0890. The summed E-state index contributed by atoms with van der Waals surface area (Å²) in [5.74, 6) is 0. The predicted molar refractivity (Wildman–Crippen MR) is 68.6 cm³/mol. The maximum Gasteiger partial charge on any atom is 0.147 e. The van der Waals surface area contributed by atoms with Gasteiger partial charge in [-0.25, -0.2) is 0 Å². The smallest absolute Gasteiger partial charge is 0.147 e. The van der Waals surface area contributed by atoms with Gasteiger partial charge in [-0.2, -0.15) is 0 Å². The van der Waals surface area contributed by atoms with E-state index in [-0.39, 0.29) is 6.17 Å². The molecule has 2 aromatic carbocycles. The fourth-order valence-corrected chi connectivity index (χ4v) is 2.16. The Morgan fingerprint density at radius 1 is 0.941 bits per heavy atom. The first-order valence-corrected chi connectivity index (χ1v) is 5.76. The van der Waals surface area contributed by atoms with Crippen molar-refractivity contribution in [1.82, 2.24) is 4.90 Å². The number of fused-ring (bicyclic) bond motifs is 1. The largest absolute Gasteiger partial charge is 0.355 e. The summed E-state index contributed by atoms with van der Waals surface area (Å²) in [5, 5.41) is 2.25. The molecule has 1 heterocycles. The molecule has 1 aliphatic heterocycles. The number of benzene rings is 2. The summed E-state index contributed by atoms with van der Waals surface area (Å²) in [6.07, 6.45) is 2.24. The van der Waals surface area contributed by atoms with Crippen LogP contribution in [0.2, 0.25) is 0 Å². The van der Waals surface area contributed by atoms with E-state index >= 15 is 0 Å². The maximum absolute atomic E-state index is 4.79. The third kappa shape index (κ3) is 1.82. The SMILES string of the molecule is CN1C=c2ccccc2=NC1c1ccccc1. The van der Waals surface area contributed by atoms with E-state index in [0.29, 0.717) is 0 Å². The molecule has 0 radical (unpaired) electrons. The lowest BCUT2D eigenvalue weighted by molar-refractivity contribution is 0.365. The fraction of sp³-hybridized carbons (Fsp3) is 0.133. The lowest BCUT2D eigenvalue weighted by Crippen LogP contribution is -2.35. The third-order valence-electron chi connectivity index (χ3n) is 3.02. The molecule has 2 aromatic rings. The predicted octanol–water partition coefficient (Wildman–Crippen LogP) is 1.69. The van der Waals surface area contributed by atoms with Gasteiger partial charge in [0.05, 0.1) is 5.36 Å². The molecule has 0 saturated heterocycles. The van der Waals surface area contributed by atoms with E-state index < -0.39 is 0 Å². The number of hydrogen-bond acceptors (Lipinski definition) is 2. The average molecular weight is 222 g/mol. The van der Waals surface area contributed by atoms with Gasteiger partial charge in [0.25, 0.3) is 0 Å². The minimum Gasteiger partial charge on any atom is -0.355 e. The summed E-state index contributed by atoms with van der Waals surface area (Å²) in [7, 11) is 2.07. The zero-order valence-electron chi connectivity index (χ0n) is 9.75. The molecule has 0 aromatic heterocycles. The van der Waals surface area contributed by atoms with Crippen molar-refractivity contribution in [2.75, 3.05) is 7.05 Å². The zero-order valence-corrected chi connectivity index (χ0v) is 9.75. The molecule has 2 nitrogen and oxygen atoms in total. The molecule has 2 heteroatoms. The topological polar surface area (TPSA) is 15.6 Å². The van der Waals surface area contributed by atoms with Crippen LogP contribution in [-0.2, 0) is 0 Å². The minimum absolute atomic E-state index is 0.0890. The number of hydrogen-bond donors (Lipinski definition) is 0. The van der Waals surface area contributed by atoms with Gasteiger partial charge in [-0.15, -0.1) is 0 Å². The third-order valence-corrected chi connectivity index (χ3v) is 3.02. The Kier molecular flexibility index (Phi) is 2.41. The Hall–Kier alpha value is -2.09. The monoisotopic (exact) mass is 222 g/mol. The van der Waals surface area contributed by atoms with E-state index in [2.05, 4.69) is 54.5 Å². The molecule has 17 heavy (non-hydrogen) atoms. The highest BCUT2D eigenvalue weighted by molar-refractivity contribution is 5.29. The van der Waals surface area contributed by atoms with Crippen LogP contribution in [0.4, 0.5) is 0 Å². The Morgan fingerprint density at radius 3 is 2.47 bits per heavy atom. The second-order valence-electron chi connectivity index (χ2n) is 4.27. The van der Waals surface area contributed by atoms with Crippen molar-refractivity contribution in [3.63, 3.8) is 0 Å². The first-order chi connectivity index (χ1) is 8.34. The van der Waals surface area contributed by atoms with Crippen molar-refractivity contribution < 1.29 is 0 Å². The standard InChI is InChI=1S/C15H14N2/c1-17-11-13-9-5-6-10-14(13)16-15(17)12-7-3-2-4-8-12/h2-11,15H,1H3. The lowest BCUT2D eigenvalue weighted by atomic mass is 10.1. The molecule has 0 amide bonds. The van der Waals surface area contributed by atoms with Crippen LogP contribution in [0.25, 0.3) is 6.20 Å². The van der Waals surface area contributed by atoms with Gasteiger partial charge < -0.3 is 4.90 Å². The molecule has 0 saturated carbocycles. The first kappa shape index (κ1) is 10.1. The van der Waals surface area contributed by atoms with Crippen LogP contribution in [0.3, 0.4) is 0 Å². The van der Waals surface area contributed by atoms with Crippen molar-refractivity contribution in [3.05, 3.63) is 70.7 Å².